The Labute approximate surface area is 230 Å². The van der Waals surface area contributed by atoms with Gasteiger partial charge in [0.15, 0.2) is 0 Å². The maximum absolute atomic E-state index is 14.0. The van der Waals surface area contributed by atoms with Crippen molar-refractivity contribution in [3.05, 3.63) is 89.5 Å². The number of hydroxylamine groups is 3. The van der Waals surface area contributed by atoms with Crippen LogP contribution in [0, 0.1) is 0 Å². The van der Waals surface area contributed by atoms with Gasteiger partial charge in [0, 0.05) is 0 Å². The van der Waals surface area contributed by atoms with Gasteiger partial charge in [-0.15, -0.1) is 13.9 Å². The molecule has 3 heterocycles. The molecular weight excluding hydrogens is 629 g/mol. The molecule has 0 radical (unpaired) electrons. The molecule has 0 atom stereocenters. The largest absolute Gasteiger partial charge is 0.543 e. The summed E-state index contributed by atoms with van der Waals surface area (Å²) in [4.78, 5) is 36.8. The van der Waals surface area contributed by atoms with Crippen molar-refractivity contribution in [1.29, 1.82) is 0 Å². The third-order valence-electron chi connectivity index (χ3n) is 5.86. The second kappa shape index (κ2) is 8.76. The number of sulfonamides is 3. The quantitative estimate of drug-likeness (QED) is 0.349. The Bertz CT molecular complexity index is 1860. The van der Waals surface area contributed by atoms with E-state index < -0.39 is 100 Å². The van der Waals surface area contributed by atoms with Crippen LogP contribution in [0.15, 0.2) is 87.5 Å². The molecule has 0 unspecified atom stereocenters. The molecule has 3 aromatic carbocycles. The van der Waals surface area contributed by atoms with E-state index in [-0.39, 0.29) is 0 Å². The van der Waals surface area contributed by atoms with E-state index in [2.05, 4.69) is 0 Å². The topological polar surface area (TPSA) is 208 Å². The van der Waals surface area contributed by atoms with Gasteiger partial charge in [-0.05, 0) is 36.4 Å². The summed E-state index contributed by atoms with van der Waals surface area (Å²) in [5, 5.41) is 0. The number of phosphoric acid groups is 1. The minimum Gasteiger partial charge on any atom is -0.266 e. The van der Waals surface area contributed by atoms with Gasteiger partial charge in [-0.3, -0.25) is 14.4 Å². The SMILES string of the molecule is O=C1c2ccccc2S(=O)(=O)N1OP(=O)(ON1C(=O)c2ccccc2S1(=O)=O)ON1C(=O)c2ccccc2S1(=O)=O. The first-order chi connectivity index (χ1) is 19.2. The Morgan fingerprint density at radius 1 is 0.463 bits per heavy atom. The fourth-order valence-electron chi connectivity index (χ4n) is 4.06. The molecule has 16 nitrogen and oxygen atoms in total. The molecule has 0 fully saturated rings. The Morgan fingerprint density at radius 2 is 0.707 bits per heavy atom. The van der Waals surface area contributed by atoms with Gasteiger partial charge >= 0.3 is 7.82 Å². The number of carbonyl (C=O) groups excluding carboxylic acids is 3. The van der Waals surface area contributed by atoms with Gasteiger partial charge in [0.25, 0.3) is 47.8 Å². The molecule has 6 rings (SSSR count). The highest BCUT2D eigenvalue weighted by Crippen LogP contribution is 2.57. The van der Waals surface area contributed by atoms with Crippen LogP contribution in [-0.4, -0.2) is 56.4 Å². The van der Waals surface area contributed by atoms with Crippen LogP contribution in [0.2, 0.25) is 0 Å². The summed E-state index contributed by atoms with van der Waals surface area (Å²) in [6.07, 6.45) is 0. The summed E-state index contributed by atoms with van der Waals surface area (Å²) in [5.74, 6) is -4.36. The predicted molar refractivity (Wildman–Crippen MR) is 130 cm³/mol. The number of carbonyl (C=O) groups is 3. The van der Waals surface area contributed by atoms with Crippen molar-refractivity contribution in [1.82, 2.24) is 13.4 Å². The van der Waals surface area contributed by atoms with E-state index in [9.17, 15) is 44.2 Å². The van der Waals surface area contributed by atoms with Crippen molar-refractivity contribution in [3.8, 4) is 0 Å². The zero-order valence-corrected chi connectivity index (χ0v) is 23.1. The van der Waals surface area contributed by atoms with Crippen LogP contribution < -0.4 is 0 Å². The summed E-state index contributed by atoms with van der Waals surface area (Å²) in [6.45, 7) is 0. The third kappa shape index (κ3) is 3.86. The van der Waals surface area contributed by atoms with Crippen molar-refractivity contribution in [2.45, 2.75) is 14.7 Å². The molecule has 212 valence electrons. The van der Waals surface area contributed by atoms with E-state index in [1.807, 2.05) is 0 Å². The number of rotatable bonds is 6. The molecular formula is C21H12N3O13PS3. The van der Waals surface area contributed by atoms with Gasteiger partial charge in [0.1, 0.15) is 14.7 Å². The third-order valence-corrected chi connectivity index (χ3v) is 12.0. The lowest BCUT2D eigenvalue weighted by atomic mass is 10.2. The highest BCUT2D eigenvalue weighted by atomic mass is 32.2. The average molecular weight is 642 g/mol. The van der Waals surface area contributed by atoms with E-state index in [0.717, 1.165) is 36.4 Å². The molecule has 0 saturated heterocycles. The van der Waals surface area contributed by atoms with Crippen molar-refractivity contribution in [2.24, 2.45) is 0 Å². The standard InChI is InChI=1S/C21H12N3O13PS3/c25-19-13-7-1-4-10-16(13)39(29,30)22(19)35-38(28,36-23-20(26)14-8-2-5-11-17(14)40(23,31)32)37-24-21(27)15-9-3-6-12-18(15)41(24,33)34/h1-12H. The molecule has 0 N–H and O–H groups in total. The fraction of sp³-hybridized carbons (Fsp3) is 0. The van der Waals surface area contributed by atoms with E-state index >= 15 is 0 Å². The molecule has 0 aromatic heterocycles. The number of nitrogens with zero attached hydrogens (tertiary/aromatic N) is 3. The molecule has 3 aromatic rings. The molecule has 0 saturated carbocycles. The normalized spacial score (nSPS) is 19.8. The molecule has 41 heavy (non-hydrogen) atoms. The molecule has 0 aliphatic carbocycles. The maximum atomic E-state index is 14.0. The highest BCUT2D eigenvalue weighted by Gasteiger charge is 2.56. The van der Waals surface area contributed by atoms with Crippen LogP contribution in [0.25, 0.3) is 0 Å². The lowest BCUT2D eigenvalue weighted by Gasteiger charge is -2.26. The van der Waals surface area contributed by atoms with E-state index in [1.165, 1.54) is 36.4 Å². The zero-order chi connectivity index (χ0) is 29.5. The van der Waals surface area contributed by atoms with Crippen molar-refractivity contribution in [2.75, 3.05) is 0 Å². The molecule has 0 spiro atoms. The molecule has 20 heteroatoms. The molecule has 3 amide bonds. The zero-order valence-electron chi connectivity index (χ0n) is 19.7. The Balaban J connectivity index is 1.44. The number of hydrogen-bond donors (Lipinski definition) is 0. The van der Waals surface area contributed by atoms with Crippen LogP contribution in [-0.2, 0) is 48.5 Å². The van der Waals surface area contributed by atoms with Crippen LogP contribution in [0.3, 0.4) is 0 Å². The summed E-state index contributed by atoms with van der Waals surface area (Å²) < 4.78 is 105. The maximum Gasteiger partial charge on any atom is 0.543 e. The lowest BCUT2D eigenvalue weighted by molar-refractivity contribution is -0.0810. The summed E-state index contributed by atoms with van der Waals surface area (Å²) in [5.41, 5.74) is -1.39. The van der Waals surface area contributed by atoms with Crippen molar-refractivity contribution in [3.63, 3.8) is 0 Å². The monoisotopic (exact) mass is 641 g/mol. The lowest BCUT2D eigenvalue weighted by Crippen LogP contribution is -2.37. The second-order valence-corrected chi connectivity index (χ2v) is 14.8. The van der Waals surface area contributed by atoms with Crippen LogP contribution >= 0.6 is 7.82 Å². The van der Waals surface area contributed by atoms with Gasteiger partial charge in [0.05, 0.1) is 16.7 Å². The minimum absolute atomic E-state index is 0.464. The Morgan fingerprint density at radius 3 is 0.951 bits per heavy atom. The molecule has 0 bridgehead atoms. The van der Waals surface area contributed by atoms with Gasteiger partial charge in [-0.25, -0.2) is 4.57 Å². The van der Waals surface area contributed by atoms with E-state index in [0.29, 0.717) is 0 Å². The van der Waals surface area contributed by atoms with Crippen molar-refractivity contribution >= 4 is 55.6 Å². The van der Waals surface area contributed by atoms with Crippen LogP contribution in [0.5, 0.6) is 0 Å². The number of amides is 3. The van der Waals surface area contributed by atoms with Crippen LogP contribution in [0.4, 0.5) is 0 Å². The number of fused-ring (bicyclic) bond motifs is 3. The second-order valence-electron chi connectivity index (χ2n) is 8.29. The molecule has 3 aliphatic heterocycles. The van der Waals surface area contributed by atoms with Gasteiger partial charge in [0.2, 0.25) is 0 Å². The first-order valence-electron chi connectivity index (χ1n) is 11.0. The fourth-order valence-corrected chi connectivity index (χ4v) is 10.2. The summed E-state index contributed by atoms with van der Waals surface area (Å²) in [7, 11) is -21.0. The highest BCUT2D eigenvalue weighted by molar-refractivity contribution is 7.91. The van der Waals surface area contributed by atoms with Gasteiger partial charge in [-0.2, -0.15) is 25.3 Å². The van der Waals surface area contributed by atoms with E-state index in [1.54, 1.807) is 0 Å². The summed E-state index contributed by atoms with van der Waals surface area (Å²) >= 11 is 0. The van der Waals surface area contributed by atoms with Gasteiger partial charge in [-0.1, -0.05) is 49.8 Å². The van der Waals surface area contributed by atoms with Crippen LogP contribution in [0.1, 0.15) is 31.1 Å². The van der Waals surface area contributed by atoms with Gasteiger partial charge < -0.3 is 0 Å². The van der Waals surface area contributed by atoms with E-state index in [4.69, 9.17) is 13.9 Å². The van der Waals surface area contributed by atoms with Crippen molar-refractivity contribution < 1.29 is 58.1 Å². The first-order valence-corrected chi connectivity index (χ1v) is 16.7. The first kappa shape index (κ1) is 27.2. The minimum atomic E-state index is -6.13. The number of benzene rings is 3. The number of hydrogen-bond acceptors (Lipinski definition) is 13. The average Bonchev–Trinajstić information content (AvgIpc) is 3.35. The summed E-state index contributed by atoms with van der Waals surface area (Å²) in [6, 6.07) is 13.8. The predicted octanol–water partition coefficient (Wildman–Crippen LogP) is 1.42. The molecule has 3 aliphatic rings. The Hall–Kier alpha value is -3.97. The Kier molecular flexibility index (Phi) is 5.82. The smallest absolute Gasteiger partial charge is 0.266 e.